The molecule has 1 aliphatic heterocycles. The summed E-state index contributed by atoms with van der Waals surface area (Å²) in [6.45, 7) is 0. The van der Waals surface area contributed by atoms with Gasteiger partial charge in [-0.25, -0.2) is 4.31 Å². The van der Waals surface area contributed by atoms with Crippen molar-refractivity contribution in [3.05, 3.63) is 66.3 Å². The highest BCUT2D eigenvalue weighted by atomic mass is 32.2. The normalized spacial score (nSPS) is 16.3. The molecule has 2 heterocycles. The van der Waals surface area contributed by atoms with Gasteiger partial charge in [-0.05, 0) is 30.3 Å². The fourth-order valence-corrected chi connectivity index (χ4v) is 3.13. The molecule has 124 valence electrons. The van der Waals surface area contributed by atoms with E-state index in [1.807, 2.05) is 6.07 Å². The Morgan fingerprint density at radius 1 is 1.17 bits per heavy atom. The molecule has 0 aliphatic carbocycles. The van der Waals surface area contributed by atoms with Crippen molar-refractivity contribution >= 4 is 27.5 Å². The zero-order chi connectivity index (χ0) is 17.3. The average Bonchev–Trinajstić information content (AvgIpc) is 3.11. The molecule has 0 bridgehead atoms. The number of carbonyl (C=O) groups excluding carboxylic acids is 1. The van der Waals surface area contributed by atoms with Crippen molar-refractivity contribution in [2.75, 3.05) is 19.0 Å². The lowest BCUT2D eigenvalue weighted by Crippen LogP contribution is -2.39. The van der Waals surface area contributed by atoms with E-state index in [0.717, 1.165) is 4.31 Å². The molecule has 0 N–H and O–H groups in total. The van der Waals surface area contributed by atoms with E-state index in [1.54, 1.807) is 43.4 Å². The quantitative estimate of drug-likeness (QED) is 0.849. The maximum absolute atomic E-state index is 12.8. The molecule has 7 nitrogen and oxygen atoms in total. The number of furan rings is 1. The van der Waals surface area contributed by atoms with Crippen molar-refractivity contribution < 1.29 is 17.6 Å². The molecule has 0 spiro atoms. The van der Waals surface area contributed by atoms with Crippen molar-refractivity contribution in [2.24, 2.45) is 4.40 Å². The predicted octanol–water partition coefficient (Wildman–Crippen LogP) is 1.81. The number of benzene rings is 1. The first-order chi connectivity index (χ1) is 11.4. The molecular weight excluding hydrogens is 330 g/mol. The number of anilines is 1. The first kappa shape index (κ1) is 16.0. The maximum atomic E-state index is 12.8. The van der Waals surface area contributed by atoms with Gasteiger partial charge in [0.1, 0.15) is 11.4 Å². The van der Waals surface area contributed by atoms with Gasteiger partial charge in [0.15, 0.2) is 5.76 Å². The number of nitrogens with zero attached hydrogens (tertiary/aromatic N) is 3. The lowest BCUT2D eigenvalue weighted by Gasteiger charge is -2.26. The van der Waals surface area contributed by atoms with Gasteiger partial charge in [0.05, 0.1) is 6.26 Å². The van der Waals surface area contributed by atoms with Crippen LogP contribution in [0.2, 0.25) is 0 Å². The second-order valence-electron chi connectivity index (χ2n) is 5.13. The molecule has 3 rings (SSSR count). The van der Waals surface area contributed by atoms with Gasteiger partial charge >= 0.3 is 10.2 Å². The van der Waals surface area contributed by atoms with Crippen LogP contribution >= 0.6 is 0 Å². The van der Waals surface area contributed by atoms with Gasteiger partial charge in [0, 0.05) is 19.8 Å². The minimum atomic E-state index is -4.00. The van der Waals surface area contributed by atoms with E-state index < -0.39 is 16.1 Å². The van der Waals surface area contributed by atoms with Crippen molar-refractivity contribution in [3.63, 3.8) is 0 Å². The van der Waals surface area contributed by atoms with Gasteiger partial charge in [-0.3, -0.25) is 4.79 Å². The highest BCUT2D eigenvalue weighted by Gasteiger charge is 2.32. The second-order valence-corrected chi connectivity index (χ2v) is 6.75. The second kappa shape index (κ2) is 5.97. The number of allylic oxidation sites excluding steroid dienone is 1. The minimum Gasteiger partial charge on any atom is -0.463 e. The van der Waals surface area contributed by atoms with E-state index in [-0.39, 0.29) is 17.2 Å². The average molecular weight is 345 g/mol. The van der Waals surface area contributed by atoms with E-state index in [9.17, 15) is 13.2 Å². The van der Waals surface area contributed by atoms with Crippen LogP contribution < -0.4 is 4.90 Å². The van der Waals surface area contributed by atoms with Crippen LogP contribution in [-0.4, -0.2) is 38.4 Å². The molecule has 0 atom stereocenters. The third-order valence-corrected chi connectivity index (χ3v) is 4.93. The first-order valence-corrected chi connectivity index (χ1v) is 8.47. The van der Waals surface area contributed by atoms with Crippen molar-refractivity contribution in [2.45, 2.75) is 0 Å². The molecule has 1 aromatic heterocycles. The van der Waals surface area contributed by atoms with E-state index in [1.165, 1.54) is 24.3 Å². The Morgan fingerprint density at radius 2 is 1.88 bits per heavy atom. The summed E-state index contributed by atoms with van der Waals surface area (Å²) >= 11 is 0. The monoisotopic (exact) mass is 345 g/mol. The number of likely N-dealkylation sites (N-methyl/N-ethyl adjacent to an activating group) is 2. The van der Waals surface area contributed by atoms with Gasteiger partial charge in [-0.2, -0.15) is 8.42 Å². The number of hydrogen-bond acceptors (Lipinski definition) is 4. The molecule has 0 saturated carbocycles. The fourth-order valence-electron chi connectivity index (χ4n) is 2.23. The Labute approximate surface area is 139 Å². The van der Waals surface area contributed by atoms with Crippen LogP contribution in [0.3, 0.4) is 0 Å². The smallest absolute Gasteiger partial charge is 0.345 e. The van der Waals surface area contributed by atoms with Crippen LogP contribution in [0, 0.1) is 0 Å². The summed E-state index contributed by atoms with van der Waals surface area (Å²) in [6, 6.07) is 12.1. The zero-order valence-corrected chi connectivity index (χ0v) is 13.9. The summed E-state index contributed by atoms with van der Waals surface area (Å²) in [6.07, 6.45) is 2.82. The summed E-state index contributed by atoms with van der Waals surface area (Å²) < 4.78 is 34.2. The Bertz CT molecular complexity index is 915. The summed E-state index contributed by atoms with van der Waals surface area (Å²) in [5, 5.41) is 0. The SMILES string of the molecule is CN(C(=O)C1=CC(c2ccco2)=NS(=O)(=O)N1C)c1ccccc1. The summed E-state index contributed by atoms with van der Waals surface area (Å²) in [5.74, 6) is -0.189. The third-order valence-electron chi connectivity index (χ3n) is 3.61. The number of rotatable bonds is 3. The molecule has 0 radical (unpaired) electrons. The van der Waals surface area contributed by atoms with E-state index >= 15 is 0 Å². The topological polar surface area (TPSA) is 83.2 Å². The highest BCUT2D eigenvalue weighted by molar-refractivity contribution is 7.88. The van der Waals surface area contributed by atoms with Gasteiger partial charge in [-0.15, -0.1) is 4.40 Å². The highest BCUT2D eigenvalue weighted by Crippen LogP contribution is 2.23. The number of para-hydroxylation sites is 1. The maximum Gasteiger partial charge on any atom is 0.345 e. The van der Waals surface area contributed by atoms with Gasteiger partial charge in [-0.1, -0.05) is 18.2 Å². The summed E-state index contributed by atoms with van der Waals surface area (Å²) in [5.41, 5.74) is 0.724. The molecule has 0 fully saturated rings. The fraction of sp³-hybridized carbons (Fsp3) is 0.125. The molecule has 24 heavy (non-hydrogen) atoms. The summed E-state index contributed by atoms with van der Waals surface area (Å²) in [7, 11) is -1.13. The Morgan fingerprint density at radius 3 is 2.50 bits per heavy atom. The number of hydrogen-bond donors (Lipinski definition) is 0. The minimum absolute atomic E-state index is 0.0113. The lowest BCUT2D eigenvalue weighted by molar-refractivity contribution is -0.115. The van der Waals surface area contributed by atoms with Crippen LogP contribution in [-0.2, 0) is 15.0 Å². The molecule has 8 heteroatoms. The lowest BCUT2D eigenvalue weighted by atomic mass is 10.2. The van der Waals surface area contributed by atoms with E-state index in [4.69, 9.17) is 4.42 Å². The largest absolute Gasteiger partial charge is 0.463 e. The zero-order valence-electron chi connectivity index (χ0n) is 13.1. The van der Waals surface area contributed by atoms with Crippen LogP contribution in [0.5, 0.6) is 0 Å². The number of carbonyl (C=O) groups is 1. The molecule has 2 aromatic rings. The number of amides is 1. The van der Waals surface area contributed by atoms with Gasteiger partial charge < -0.3 is 9.32 Å². The van der Waals surface area contributed by atoms with Crippen LogP contribution in [0.1, 0.15) is 5.76 Å². The molecule has 0 unspecified atom stereocenters. The van der Waals surface area contributed by atoms with Crippen molar-refractivity contribution in [1.82, 2.24) is 4.31 Å². The Balaban J connectivity index is 2.02. The standard InChI is InChI=1S/C16H15N3O4S/c1-18(12-7-4-3-5-8-12)16(20)14-11-13(15-9-6-10-23-15)17-24(21,22)19(14)2/h3-11H,1-2H3. The van der Waals surface area contributed by atoms with E-state index in [2.05, 4.69) is 4.40 Å². The van der Waals surface area contributed by atoms with Gasteiger partial charge in [0.2, 0.25) is 0 Å². The third kappa shape index (κ3) is 2.83. The predicted molar refractivity (Wildman–Crippen MR) is 89.9 cm³/mol. The van der Waals surface area contributed by atoms with Crippen molar-refractivity contribution in [3.8, 4) is 0 Å². The molecular formula is C16H15N3O4S. The molecule has 1 amide bonds. The van der Waals surface area contributed by atoms with Crippen molar-refractivity contribution in [1.29, 1.82) is 0 Å². The Hall–Kier alpha value is -2.87. The Kier molecular flexibility index (Phi) is 3.98. The van der Waals surface area contributed by atoms with Crippen LogP contribution in [0.15, 0.2) is 69.3 Å². The molecule has 0 saturated heterocycles. The van der Waals surface area contributed by atoms with Crippen LogP contribution in [0.4, 0.5) is 5.69 Å². The molecule has 1 aromatic carbocycles. The van der Waals surface area contributed by atoms with E-state index in [0.29, 0.717) is 5.69 Å². The first-order valence-electron chi connectivity index (χ1n) is 7.07. The summed E-state index contributed by atoms with van der Waals surface area (Å²) in [4.78, 5) is 14.2. The molecule has 1 aliphatic rings. The van der Waals surface area contributed by atoms with Crippen LogP contribution in [0.25, 0.3) is 0 Å². The van der Waals surface area contributed by atoms with Gasteiger partial charge in [0.25, 0.3) is 5.91 Å².